The van der Waals surface area contributed by atoms with Gasteiger partial charge in [-0.15, -0.1) is 0 Å². The molecule has 6 heteroatoms. The zero-order chi connectivity index (χ0) is 22.7. The van der Waals surface area contributed by atoms with E-state index in [-0.39, 0.29) is 35.1 Å². The first-order valence-electron chi connectivity index (χ1n) is 10.6. The van der Waals surface area contributed by atoms with Gasteiger partial charge >= 0.3 is 0 Å². The number of aromatic hydroxyl groups is 1. The van der Waals surface area contributed by atoms with Crippen molar-refractivity contribution in [1.82, 2.24) is 4.57 Å². The molecule has 6 nitrogen and oxygen atoms in total. The van der Waals surface area contributed by atoms with Gasteiger partial charge in [0.15, 0.2) is 5.78 Å². The van der Waals surface area contributed by atoms with Crippen LogP contribution in [0.15, 0.2) is 65.5 Å². The molecule has 1 fully saturated rings. The highest BCUT2D eigenvalue weighted by molar-refractivity contribution is 6.06. The lowest BCUT2D eigenvalue weighted by molar-refractivity contribution is 0.0918. The summed E-state index contributed by atoms with van der Waals surface area (Å²) >= 11 is 0. The summed E-state index contributed by atoms with van der Waals surface area (Å²) in [7, 11) is 0. The van der Waals surface area contributed by atoms with E-state index < -0.39 is 17.4 Å². The van der Waals surface area contributed by atoms with Crippen molar-refractivity contribution < 1.29 is 14.6 Å². The lowest BCUT2D eigenvalue weighted by Crippen LogP contribution is -2.31. The van der Waals surface area contributed by atoms with Crippen LogP contribution in [0, 0.1) is 18.3 Å². The molecule has 3 aromatic rings. The fourth-order valence-corrected chi connectivity index (χ4v) is 4.34. The highest BCUT2D eigenvalue weighted by Gasteiger charge is 2.32. The molecule has 0 spiro atoms. The molecule has 2 heterocycles. The quantitative estimate of drug-likeness (QED) is 0.601. The summed E-state index contributed by atoms with van der Waals surface area (Å²) in [6, 6.07) is 20.5. The van der Waals surface area contributed by atoms with E-state index >= 15 is 0 Å². The number of benzene rings is 2. The van der Waals surface area contributed by atoms with Crippen LogP contribution in [-0.2, 0) is 11.3 Å². The number of nitrogens with zero attached hydrogens (tertiary/aromatic N) is 2. The molecular weight excluding hydrogens is 404 g/mol. The fourth-order valence-electron chi connectivity index (χ4n) is 4.34. The second-order valence-corrected chi connectivity index (χ2v) is 7.98. The summed E-state index contributed by atoms with van der Waals surface area (Å²) in [4.78, 5) is 26.9. The summed E-state index contributed by atoms with van der Waals surface area (Å²) in [5.41, 5.74) is 0.975. The van der Waals surface area contributed by atoms with Crippen molar-refractivity contribution in [2.45, 2.75) is 38.3 Å². The molecule has 0 bridgehead atoms. The Morgan fingerprint density at radius 3 is 2.25 bits per heavy atom. The van der Waals surface area contributed by atoms with E-state index in [0.29, 0.717) is 6.61 Å². The van der Waals surface area contributed by atoms with Gasteiger partial charge < -0.3 is 9.84 Å². The fraction of sp³-hybridized carbons (Fsp3) is 0.269. The number of carbonyl (C=O) groups excluding carboxylic acids is 1. The predicted octanol–water partition coefficient (Wildman–Crippen LogP) is 3.93. The largest absolute Gasteiger partial charge is 0.494 e. The standard InChI is InChI=1S/C26H24N2O4/c1-17-21(15-27)25(30)28(16-20-13-8-14-32-20)26(31)22(17)24(29)23(18-9-4-2-5-10-18)19-11-6-3-7-12-19/h2-7,9-12,20,23,31H,8,13-14,16H2,1H3. The number of rotatable bonds is 6. The molecule has 1 aromatic heterocycles. The molecule has 32 heavy (non-hydrogen) atoms. The minimum Gasteiger partial charge on any atom is -0.494 e. The van der Waals surface area contributed by atoms with Crippen LogP contribution in [0.2, 0.25) is 0 Å². The average molecular weight is 428 g/mol. The van der Waals surface area contributed by atoms with Gasteiger partial charge in [0.25, 0.3) is 5.56 Å². The maximum Gasteiger partial charge on any atom is 0.271 e. The molecule has 4 rings (SSSR count). The molecule has 1 N–H and O–H groups in total. The Morgan fingerprint density at radius 1 is 1.16 bits per heavy atom. The Morgan fingerprint density at radius 2 is 1.75 bits per heavy atom. The molecule has 1 atom stereocenters. The first-order chi connectivity index (χ1) is 15.5. The lowest BCUT2D eigenvalue weighted by Gasteiger charge is -2.22. The van der Waals surface area contributed by atoms with Crippen molar-refractivity contribution in [2.75, 3.05) is 6.61 Å². The molecule has 0 radical (unpaired) electrons. The smallest absolute Gasteiger partial charge is 0.271 e. The SMILES string of the molecule is Cc1c(C(=O)C(c2ccccc2)c2ccccc2)c(O)n(CC2CCCO2)c(=O)c1C#N. The van der Waals surface area contributed by atoms with Gasteiger partial charge in [0.1, 0.15) is 11.6 Å². The Balaban J connectivity index is 1.89. The summed E-state index contributed by atoms with van der Waals surface area (Å²) < 4.78 is 6.73. The highest BCUT2D eigenvalue weighted by atomic mass is 16.5. The van der Waals surface area contributed by atoms with Crippen LogP contribution in [0.1, 0.15) is 51.4 Å². The van der Waals surface area contributed by atoms with Gasteiger partial charge in [0, 0.05) is 6.61 Å². The average Bonchev–Trinajstić information content (AvgIpc) is 3.32. The second kappa shape index (κ2) is 9.21. The molecule has 1 aliphatic heterocycles. The van der Waals surface area contributed by atoms with E-state index in [1.807, 2.05) is 66.7 Å². The van der Waals surface area contributed by atoms with Gasteiger partial charge in [-0.3, -0.25) is 14.2 Å². The lowest BCUT2D eigenvalue weighted by atomic mass is 9.83. The number of Topliss-reactive ketones (excluding diaryl/α,β-unsaturated/α-hetero) is 1. The zero-order valence-corrected chi connectivity index (χ0v) is 17.8. The molecule has 0 saturated carbocycles. The maximum atomic E-state index is 13.9. The Kier molecular flexibility index (Phi) is 6.20. The summed E-state index contributed by atoms with van der Waals surface area (Å²) in [6.45, 7) is 2.23. The third-order valence-electron chi connectivity index (χ3n) is 5.98. The summed E-state index contributed by atoms with van der Waals surface area (Å²) in [5, 5.41) is 20.8. The second-order valence-electron chi connectivity index (χ2n) is 7.98. The number of pyridine rings is 1. The number of ether oxygens (including phenoxy) is 1. The van der Waals surface area contributed by atoms with E-state index in [4.69, 9.17) is 4.74 Å². The van der Waals surface area contributed by atoms with Gasteiger partial charge in [-0.05, 0) is 36.5 Å². The van der Waals surface area contributed by atoms with Gasteiger partial charge in [0.2, 0.25) is 5.88 Å². The van der Waals surface area contributed by atoms with Crippen LogP contribution in [0.4, 0.5) is 0 Å². The number of hydrogen-bond acceptors (Lipinski definition) is 5. The first kappa shape index (κ1) is 21.5. The normalized spacial score (nSPS) is 15.6. The number of nitriles is 1. The number of ketones is 1. The zero-order valence-electron chi connectivity index (χ0n) is 17.8. The van der Waals surface area contributed by atoms with Crippen LogP contribution >= 0.6 is 0 Å². The van der Waals surface area contributed by atoms with E-state index in [1.165, 1.54) is 6.92 Å². The molecule has 1 saturated heterocycles. The van der Waals surface area contributed by atoms with E-state index in [1.54, 1.807) is 0 Å². The maximum absolute atomic E-state index is 13.9. The third-order valence-corrected chi connectivity index (χ3v) is 5.98. The van der Waals surface area contributed by atoms with Gasteiger partial charge in [-0.2, -0.15) is 5.26 Å². The molecule has 2 aromatic carbocycles. The van der Waals surface area contributed by atoms with Gasteiger partial charge in [0.05, 0.1) is 24.1 Å². The Labute approximate surface area is 186 Å². The molecule has 0 aliphatic carbocycles. The van der Waals surface area contributed by atoms with Crippen molar-refractivity contribution in [2.24, 2.45) is 0 Å². The van der Waals surface area contributed by atoms with Crippen LogP contribution in [0.3, 0.4) is 0 Å². The number of carbonyl (C=O) groups is 1. The van der Waals surface area contributed by atoms with Crippen LogP contribution in [0.5, 0.6) is 5.88 Å². The van der Waals surface area contributed by atoms with Crippen molar-refractivity contribution in [1.29, 1.82) is 5.26 Å². The number of hydrogen-bond donors (Lipinski definition) is 1. The van der Waals surface area contributed by atoms with Crippen molar-refractivity contribution in [3.8, 4) is 11.9 Å². The van der Waals surface area contributed by atoms with E-state index in [2.05, 4.69) is 0 Å². The summed E-state index contributed by atoms with van der Waals surface area (Å²) in [6.07, 6.45) is 1.38. The molecule has 1 aliphatic rings. The topological polar surface area (TPSA) is 92.3 Å². The van der Waals surface area contributed by atoms with Crippen molar-refractivity contribution in [3.05, 3.63) is 98.8 Å². The first-order valence-corrected chi connectivity index (χ1v) is 10.6. The summed E-state index contributed by atoms with van der Waals surface area (Å²) in [5.74, 6) is -1.47. The molecule has 1 unspecified atom stereocenters. The minimum absolute atomic E-state index is 0.00291. The Hall–Kier alpha value is -3.69. The Bertz CT molecular complexity index is 1180. The predicted molar refractivity (Wildman–Crippen MR) is 120 cm³/mol. The minimum atomic E-state index is -0.692. The van der Waals surface area contributed by atoms with Crippen molar-refractivity contribution >= 4 is 5.78 Å². The van der Waals surface area contributed by atoms with Crippen LogP contribution in [0.25, 0.3) is 0 Å². The molecular formula is C26H24N2O4. The third kappa shape index (κ3) is 3.95. The van der Waals surface area contributed by atoms with Gasteiger partial charge in [-0.25, -0.2) is 0 Å². The van der Waals surface area contributed by atoms with Crippen LogP contribution in [-0.4, -0.2) is 28.2 Å². The monoisotopic (exact) mass is 428 g/mol. The molecule has 0 amide bonds. The van der Waals surface area contributed by atoms with Crippen LogP contribution < -0.4 is 5.56 Å². The van der Waals surface area contributed by atoms with Gasteiger partial charge in [-0.1, -0.05) is 60.7 Å². The van der Waals surface area contributed by atoms with E-state index in [9.17, 15) is 20.0 Å². The van der Waals surface area contributed by atoms with Crippen molar-refractivity contribution in [3.63, 3.8) is 0 Å². The highest BCUT2D eigenvalue weighted by Crippen LogP contribution is 2.33. The van der Waals surface area contributed by atoms with E-state index in [0.717, 1.165) is 28.5 Å². The molecule has 162 valence electrons. The number of aromatic nitrogens is 1.